The number of likely N-dealkylation sites (tertiary alicyclic amines) is 1. The third kappa shape index (κ3) is 5.92. The number of amides is 1. The molecule has 3 rings (SSSR count). The zero-order valence-corrected chi connectivity index (χ0v) is 19.4. The Kier molecular flexibility index (Phi) is 7.51. The van der Waals surface area contributed by atoms with E-state index in [1.54, 1.807) is 11.3 Å². The molecule has 3 heterocycles. The molecule has 7 nitrogen and oxygen atoms in total. The Morgan fingerprint density at radius 1 is 1.14 bits per heavy atom. The molecular weight excluding hydrogens is 384 g/mol. The van der Waals surface area contributed by atoms with Gasteiger partial charge in [0.05, 0.1) is 18.8 Å². The first-order valence-electron chi connectivity index (χ1n) is 10.7. The molecule has 8 heteroatoms. The van der Waals surface area contributed by atoms with Crippen LogP contribution in [0.5, 0.6) is 0 Å². The molecule has 1 aromatic heterocycles. The Bertz CT molecular complexity index is 695. The molecule has 2 saturated heterocycles. The molecule has 0 spiro atoms. The maximum Gasteiger partial charge on any atom is 0.236 e. The van der Waals surface area contributed by atoms with Crippen LogP contribution < -0.4 is 5.32 Å². The van der Waals surface area contributed by atoms with Crippen LogP contribution in [0.25, 0.3) is 0 Å². The molecule has 2 atom stereocenters. The van der Waals surface area contributed by atoms with Crippen molar-refractivity contribution < 1.29 is 4.79 Å². The number of carbonyl (C=O) groups is 1. The van der Waals surface area contributed by atoms with Gasteiger partial charge in [0.1, 0.15) is 5.01 Å². The van der Waals surface area contributed by atoms with Crippen molar-refractivity contribution in [1.82, 2.24) is 25.0 Å². The van der Waals surface area contributed by atoms with E-state index in [0.717, 1.165) is 55.9 Å². The zero-order chi connectivity index (χ0) is 21.0. The number of piperazine rings is 1. The second-order valence-corrected chi connectivity index (χ2v) is 9.95. The fourth-order valence-corrected chi connectivity index (χ4v) is 5.25. The van der Waals surface area contributed by atoms with Crippen molar-refractivity contribution in [3.63, 3.8) is 0 Å². The normalized spacial score (nSPS) is 24.1. The van der Waals surface area contributed by atoms with Crippen molar-refractivity contribution in [2.75, 3.05) is 52.9 Å². The fourth-order valence-electron chi connectivity index (χ4n) is 4.38. The van der Waals surface area contributed by atoms with Crippen LogP contribution in [0.2, 0.25) is 0 Å². The Morgan fingerprint density at radius 3 is 2.34 bits per heavy atom. The highest BCUT2D eigenvalue weighted by atomic mass is 32.1. The number of hydrogen-bond acceptors (Lipinski definition) is 5. The number of aromatic nitrogens is 1. The summed E-state index contributed by atoms with van der Waals surface area (Å²) in [7, 11) is 1.83. The number of aryl methyl sites for hydroxylation is 2. The number of nitrogens with one attached hydrogen (secondary N) is 1. The van der Waals surface area contributed by atoms with E-state index in [2.05, 4.69) is 57.7 Å². The molecule has 1 N–H and O–H groups in total. The van der Waals surface area contributed by atoms with Gasteiger partial charge in [0.2, 0.25) is 5.91 Å². The maximum atomic E-state index is 12.7. The van der Waals surface area contributed by atoms with Crippen molar-refractivity contribution in [3.05, 3.63) is 15.6 Å². The lowest BCUT2D eigenvalue weighted by atomic mass is 9.92. The predicted molar refractivity (Wildman–Crippen MR) is 119 cm³/mol. The van der Waals surface area contributed by atoms with Gasteiger partial charge >= 0.3 is 0 Å². The number of rotatable bonds is 4. The fraction of sp³-hybridized carbons (Fsp3) is 0.762. The molecule has 2 unspecified atom stereocenters. The quantitative estimate of drug-likeness (QED) is 0.596. The summed E-state index contributed by atoms with van der Waals surface area (Å²) in [6, 6.07) is 0. The number of piperidine rings is 1. The average molecular weight is 421 g/mol. The van der Waals surface area contributed by atoms with Gasteiger partial charge in [-0.3, -0.25) is 14.7 Å². The molecule has 0 aromatic carbocycles. The molecule has 1 aromatic rings. The highest BCUT2D eigenvalue weighted by Gasteiger charge is 2.28. The number of aliphatic imine (C=N–C) groups is 1. The minimum absolute atomic E-state index is 0.286. The minimum Gasteiger partial charge on any atom is -0.350 e. The molecule has 0 aliphatic carbocycles. The van der Waals surface area contributed by atoms with Crippen molar-refractivity contribution in [1.29, 1.82) is 0 Å². The van der Waals surface area contributed by atoms with Gasteiger partial charge in [-0.1, -0.05) is 13.8 Å². The summed E-state index contributed by atoms with van der Waals surface area (Å²) in [6.45, 7) is 15.3. The van der Waals surface area contributed by atoms with Crippen LogP contribution in [0.1, 0.15) is 35.8 Å². The highest BCUT2D eigenvalue weighted by molar-refractivity contribution is 7.11. The summed E-state index contributed by atoms with van der Waals surface area (Å²) in [5.74, 6) is 2.42. The zero-order valence-electron chi connectivity index (χ0n) is 18.6. The van der Waals surface area contributed by atoms with Crippen LogP contribution in [0.4, 0.5) is 0 Å². The van der Waals surface area contributed by atoms with Gasteiger partial charge in [0.25, 0.3) is 0 Å². The SMILES string of the molecule is CN=C(NCc1nc(C)c(C)s1)N1CCN(CC(=O)N2CC(C)CC(C)C2)CC1. The number of guanidine groups is 1. The Hall–Kier alpha value is -1.67. The average Bonchev–Trinajstić information content (AvgIpc) is 3.00. The van der Waals surface area contributed by atoms with Crippen LogP contribution in [-0.2, 0) is 11.3 Å². The van der Waals surface area contributed by atoms with E-state index in [1.165, 1.54) is 11.3 Å². The molecule has 2 fully saturated rings. The van der Waals surface area contributed by atoms with E-state index in [1.807, 2.05) is 7.05 Å². The number of carbonyl (C=O) groups excluding carboxylic acids is 1. The van der Waals surface area contributed by atoms with Crippen LogP contribution >= 0.6 is 11.3 Å². The third-order valence-electron chi connectivity index (χ3n) is 5.93. The second-order valence-electron chi connectivity index (χ2n) is 8.66. The molecule has 29 heavy (non-hydrogen) atoms. The van der Waals surface area contributed by atoms with Crippen molar-refractivity contribution in [3.8, 4) is 0 Å². The van der Waals surface area contributed by atoms with E-state index in [9.17, 15) is 4.79 Å². The van der Waals surface area contributed by atoms with E-state index in [-0.39, 0.29) is 5.91 Å². The van der Waals surface area contributed by atoms with E-state index in [0.29, 0.717) is 24.9 Å². The van der Waals surface area contributed by atoms with Crippen LogP contribution in [0.3, 0.4) is 0 Å². The molecule has 2 aliphatic heterocycles. The van der Waals surface area contributed by atoms with Crippen LogP contribution in [0.15, 0.2) is 4.99 Å². The molecule has 1 amide bonds. The van der Waals surface area contributed by atoms with E-state index >= 15 is 0 Å². The number of thiazole rings is 1. The number of nitrogens with zero attached hydrogens (tertiary/aromatic N) is 5. The predicted octanol–water partition coefficient (Wildman–Crippen LogP) is 1.96. The Balaban J connectivity index is 1.44. The van der Waals surface area contributed by atoms with Gasteiger partial charge in [-0.2, -0.15) is 0 Å². The summed E-state index contributed by atoms with van der Waals surface area (Å²) in [5.41, 5.74) is 1.11. The van der Waals surface area contributed by atoms with E-state index in [4.69, 9.17) is 0 Å². The highest BCUT2D eigenvalue weighted by Crippen LogP contribution is 2.21. The summed E-state index contributed by atoms with van der Waals surface area (Å²) in [5, 5.41) is 4.54. The summed E-state index contributed by atoms with van der Waals surface area (Å²) in [4.78, 5) is 29.7. The van der Waals surface area contributed by atoms with Crippen molar-refractivity contribution >= 4 is 23.2 Å². The van der Waals surface area contributed by atoms with Crippen LogP contribution in [-0.4, -0.2) is 84.4 Å². The summed E-state index contributed by atoms with van der Waals surface area (Å²) >= 11 is 1.74. The lowest BCUT2D eigenvalue weighted by molar-refractivity contribution is -0.135. The first-order chi connectivity index (χ1) is 13.9. The van der Waals surface area contributed by atoms with Gasteiger partial charge in [-0.15, -0.1) is 11.3 Å². The van der Waals surface area contributed by atoms with E-state index < -0.39 is 0 Å². The lowest BCUT2D eigenvalue weighted by Gasteiger charge is -2.39. The molecule has 0 radical (unpaired) electrons. The van der Waals surface area contributed by atoms with Gasteiger partial charge in [-0.05, 0) is 32.1 Å². The first-order valence-corrected chi connectivity index (χ1v) is 11.6. The van der Waals surface area contributed by atoms with Gasteiger partial charge < -0.3 is 15.1 Å². The molecule has 0 bridgehead atoms. The minimum atomic E-state index is 0.286. The van der Waals surface area contributed by atoms with Crippen LogP contribution in [0, 0.1) is 25.7 Å². The second kappa shape index (κ2) is 9.89. The van der Waals surface area contributed by atoms with Gasteiger partial charge in [-0.25, -0.2) is 4.98 Å². The summed E-state index contributed by atoms with van der Waals surface area (Å²) in [6.07, 6.45) is 1.23. The standard InChI is InChI=1S/C21H36N6OS/c1-15-10-16(2)13-27(12-15)20(28)14-25-6-8-26(9-7-25)21(22-5)23-11-19-24-17(3)18(4)29-19/h15-16H,6-14H2,1-5H3,(H,22,23). The Labute approximate surface area is 179 Å². The molecule has 0 saturated carbocycles. The largest absolute Gasteiger partial charge is 0.350 e. The maximum absolute atomic E-state index is 12.7. The summed E-state index contributed by atoms with van der Waals surface area (Å²) < 4.78 is 0. The van der Waals surface area contributed by atoms with Crippen molar-refractivity contribution in [2.45, 2.75) is 40.7 Å². The third-order valence-corrected chi connectivity index (χ3v) is 7.01. The topological polar surface area (TPSA) is 64.1 Å². The molecule has 2 aliphatic rings. The molecule has 162 valence electrons. The van der Waals surface area contributed by atoms with Gasteiger partial charge in [0.15, 0.2) is 5.96 Å². The number of hydrogen-bond donors (Lipinski definition) is 1. The van der Waals surface area contributed by atoms with Crippen molar-refractivity contribution in [2.24, 2.45) is 16.8 Å². The van der Waals surface area contributed by atoms with Gasteiger partial charge in [0, 0.05) is 51.2 Å². The first kappa shape index (κ1) is 22.0. The monoisotopic (exact) mass is 420 g/mol. The lowest BCUT2D eigenvalue weighted by Crippen LogP contribution is -2.55. The smallest absolute Gasteiger partial charge is 0.236 e. The molecular formula is C21H36N6OS. The Morgan fingerprint density at radius 2 is 1.79 bits per heavy atom.